The van der Waals surface area contributed by atoms with Crippen molar-refractivity contribution in [3.8, 4) is 0 Å². The first-order chi connectivity index (χ1) is 9.47. The van der Waals surface area contributed by atoms with Crippen LogP contribution >= 0.6 is 0 Å². The molecule has 2 aromatic carbocycles. The van der Waals surface area contributed by atoms with E-state index in [1.54, 1.807) is 0 Å². The first-order valence-electron chi connectivity index (χ1n) is 5.70. The zero-order valence-electron chi connectivity index (χ0n) is 10.2. The third-order valence-corrected chi connectivity index (χ3v) is 2.62. The van der Waals surface area contributed by atoms with Gasteiger partial charge in [0.25, 0.3) is 5.91 Å². The number of amides is 1. The van der Waals surface area contributed by atoms with Crippen LogP contribution in [0.2, 0.25) is 0 Å². The average Bonchev–Trinajstić information content (AvgIpc) is 2.38. The van der Waals surface area contributed by atoms with Gasteiger partial charge in [-0.1, -0.05) is 12.1 Å². The van der Waals surface area contributed by atoms with Crippen molar-refractivity contribution in [2.75, 3.05) is 5.32 Å². The molecule has 4 nitrogen and oxygen atoms in total. The molecule has 0 heterocycles. The van der Waals surface area contributed by atoms with E-state index in [0.717, 1.165) is 18.2 Å². The number of carbonyl (C=O) groups is 1. The van der Waals surface area contributed by atoms with Gasteiger partial charge in [-0.3, -0.25) is 4.79 Å². The van der Waals surface area contributed by atoms with Crippen LogP contribution in [-0.2, 0) is 0 Å². The highest BCUT2D eigenvalue weighted by molar-refractivity contribution is 6.58. The second-order valence-electron chi connectivity index (χ2n) is 4.08. The van der Waals surface area contributed by atoms with E-state index < -0.39 is 24.7 Å². The van der Waals surface area contributed by atoms with E-state index in [0.29, 0.717) is 0 Å². The van der Waals surface area contributed by atoms with Gasteiger partial charge in [0.1, 0.15) is 11.6 Å². The van der Waals surface area contributed by atoms with E-state index in [-0.39, 0.29) is 16.7 Å². The molecular formula is C13H10BF2NO3. The Morgan fingerprint density at radius 1 is 1.10 bits per heavy atom. The quantitative estimate of drug-likeness (QED) is 0.730. The standard InChI is InChI=1S/C13H10BF2NO3/c15-9-2-1-3-10(7-9)17-13(18)11-5-4-8(14(19)20)6-12(11)16/h1-7,19-20H,(H,17,18). The summed E-state index contributed by atoms with van der Waals surface area (Å²) in [6.45, 7) is 0. The summed E-state index contributed by atoms with van der Waals surface area (Å²) in [5.74, 6) is -2.18. The molecule has 0 saturated heterocycles. The van der Waals surface area contributed by atoms with Gasteiger partial charge in [0, 0.05) is 5.69 Å². The minimum absolute atomic E-state index is 0.0650. The zero-order valence-corrected chi connectivity index (χ0v) is 10.2. The zero-order chi connectivity index (χ0) is 14.7. The molecule has 0 aliphatic carbocycles. The first-order valence-corrected chi connectivity index (χ1v) is 5.70. The van der Waals surface area contributed by atoms with Crippen molar-refractivity contribution in [1.82, 2.24) is 0 Å². The monoisotopic (exact) mass is 277 g/mol. The number of benzene rings is 2. The lowest BCUT2D eigenvalue weighted by Gasteiger charge is -2.07. The van der Waals surface area contributed by atoms with Crippen LogP contribution in [0, 0.1) is 11.6 Å². The Balaban J connectivity index is 2.21. The van der Waals surface area contributed by atoms with Gasteiger partial charge in [0.05, 0.1) is 5.56 Å². The van der Waals surface area contributed by atoms with Gasteiger partial charge < -0.3 is 15.4 Å². The number of nitrogens with one attached hydrogen (secondary N) is 1. The molecule has 0 fully saturated rings. The Kier molecular flexibility index (Phi) is 4.12. The largest absolute Gasteiger partial charge is 0.488 e. The van der Waals surface area contributed by atoms with E-state index in [2.05, 4.69) is 5.32 Å². The summed E-state index contributed by atoms with van der Waals surface area (Å²) in [6.07, 6.45) is 0. The van der Waals surface area contributed by atoms with Crippen molar-refractivity contribution in [2.45, 2.75) is 0 Å². The van der Waals surface area contributed by atoms with Crippen molar-refractivity contribution < 1.29 is 23.6 Å². The highest BCUT2D eigenvalue weighted by Gasteiger charge is 2.17. The van der Waals surface area contributed by atoms with Gasteiger partial charge in [-0.05, 0) is 35.8 Å². The van der Waals surface area contributed by atoms with Crippen molar-refractivity contribution >= 4 is 24.2 Å². The molecule has 20 heavy (non-hydrogen) atoms. The van der Waals surface area contributed by atoms with E-state index in [1.807, 2.05) is 0 Å². The topological polar surface area (TPSA) is 69.6 Å². The number of halogens is 2. The Labute approximate surface area is 113 Å². The Morgan fingerprint density at radius 3 is 2.45 bits per heavy atom. The molecule has 0 unspecified atom stereocenters. The summed E-state index contributed by atoms with van der Waals surface area (Å²) in [6, 6.07) is 8.38. The van der Waals surface area contributed by atoms with Crippen LogP contribution in [-0.4, -0.2) is 23.1 Å². The molecular weight excluding hydrogens is 267 g/mol. The molecule has 0 saturated carbocycles. The summed E-state index contributed by atoms with van der Waals surface area (Å²) in [5.41, 5.74) is -0.149. The molecule has 0 aliphatic heterocycles. The second kappa shape index (κ2) is 5.81. The van der Waals surface area contributed by atoms with Crippen LogP contribution in [0.15, 0.2) is 42.5 Å². The highest BCUT2D eigenvalue weighted by atomic mass is 19.1. The second-order valence-corrected chi connectivity index (χ2v) is 4.08. The predicted octanol–water partition coefficient (Wildman–Crippen LogP) is 0.897. The minimum atomic E-state index is -1.81. The third kappa shape index (κ3) is 3.20. The van der Waals surface area contributed by atoms with Gasteiger partial charge in [-0.15, -0.1) is 0 Å². The van der Waals surface area contributed by atoms with Crippen LogP contribution < -0.4 is 10.8 Å². The molecule has 3 N–H and O–H groups in total. The maximum atomic E-state index is 13.7. The highest BCUT2D eigenvalue weighted by Crippen LogP contribution is 2.12. The number of carbonyl (C=O) groups excluding carboxylic acids is 1. The summed E-state index contributed by atoms with van der Waals surface area (Å²) in [7, 11) is -1.81. The van der Waals surface area contributed by atoms with Crippen LogP contribution in [0.25, 0.3) is 0 Å². The van der Waals surface area contributed by atoms with Crippen LogP contribution in [0.5, 0.6) is 0 Å². The van der Waals surface area contributed by atoms with E-state index in [9.17, 15) is 13.6 Å². The van der Waals surface area contributed by atoms with Gasteiger partial charge >= 0.3 is 7.12 Å². The normalized spacial score (nSPS) is 10.2. The average molecular weight is 277 g/mol. The molecule has 2 rings (SSSR count). The van der Waals surface area contributed by atoms with E-state index >= 15 is 0 Å². The number of rotatable bonds is 3. The summed E-state index contributed by atoms with van der Waals surface area (Å²) in [4.78, 5) is 11.8. The van der Waals surface area contributed by atoms with E-state index in [4.69, 9.17) is 10.0 Å². The number of anilines is 1. The predicted molar refractivity (Wildman–Crippen MR) is 70.6 cm³/mol. The lowest BCUT2D eigenvalue weighted by molar-refractivity contribution is 0.102. The first kappa shape index (κ1) is 14.2. The van der Waals surface area contributed by atoms with Gasteiger partial charge in [-0.2, -0.15) is 0 Å². The molecule has 7 heteroatoms. The molecule has 0 aromatic heterocycles. The molecule has 0 aliphatic rings. The van der Waals surface area contributed by atoms with Gasteiger partial charge in [0.2, 0.25) is 0 Å². The van der Waals surface area contributed by atoms with Crippen LogP contribution in [0.1, 0.15) is 10.4 Å². The van der Waals surface area contributed by atoms with Crippen molar-refractivity contribution in [3.63, 3.8) is 0 Å². The van der Waals surface area contributed by atoms with Crippen molar-refractivity contribution in [3.05, 3.63) is 59.7 Å². The maximum absolute atomic E-state index is 13.7. The fourth-order valence-corrected chi connectivity index (χ4v) is 1.64. The fourth-order valence-electron chi connectivity index (χ4n) is 1.64. The summed E-state index contributed by atoms with van der Waals surface area (Å²) >= 11 is 0. The van der Waals surface area contributed by atoms with Crippen LogP contribution in [0.3, 0.4) is 0 Å². The molecule has 1 amide bonds. The molecule has 0 spiro atoms. The Bertz CT molecular complexity index is 649. The SMILES string of the molecule is O=C(Nc1cccc(F)c1)c1ccc(B(O)O)cc1F. The van der Waals surface area contributed by atoms with Gasteiger partial charge in [0.15, 0.2) is 0 Å². The molecule has 2 aromatic rings. The lowest BCUT2D eigenvalue weighted by Crippen LogP contribution is -2.30. The van der Waals surface area contributed by atoms with Crippen molar-refractivity contribution in [2.24, 2.45) is 0 Å². The number of hydrogen-bond donors (Lipinski definition) is 3. The van der Waals surface area contributed by atoms with E-state index in [1.165, 1.54) is 24.3 Å². The minimum Gasteiger partial charge on any atom is -0.423 e. The molecule has 0 radical (unpaired) electrons. The van der Waals surface area contributed by atoms with Crippen molar-refractivity contribution in [1.29, 1.82) is 0 Å². The molecule has 0 atom stereocenters. The summed E-state index contributed by atoms with van der Waals surface area (Å²) in [5, 5.41) is 20.1. The Hall–Kier alpha value is -2.25. The smallest absolute Gasteiger partial charge is 0.423 e. The van der Waals surface area contributed by atoms with Gasteiger partial charge in [-0.25, -0.2) is 8.78 Å². The maximum Gasteiger partial charge on any atom is 0.488 e. The number of hydrogen-bond acceptors (Lipinski definition) is 3. The third-order valence-electron chi connectivity index (χ3n) is 2.62. The molecule has 102 valence electrons. The summed E-state index contributed by atoms with van der Waals surface area (Å²) < 4.78 is 26.6. The van der Waals surface area contributed by atoms with Crippen LogP contribution in [0.4, 0.5) is 14.5 Å². The molecule has 0 bridgehead atoms. The Morgan fingerprint density at radius 2 is 1.85 bits per heavy atom. The lowest BCUT2D eigenvalue weighted by atomic mass is 9.80. The fraction of sp³-hybridized carbons (Fsp3) is 0.